The Balaban J connectivity index is 0.00000121. The molecule has 1 heterocycles. The number of aromatic hydroxyl groups is 1. The van der Waals surface area contributed by atoms with Gasteiger partial charge in [-0.3, -0.25) is 4.90 Å². The second kappa shape index (κ2) is 5.55. The fourth-order valence-electron chi connectivity index (χ4n) is 3.62. The standard InChI is InChI=1S/C16H21NO2.ClH/c18-15-3-1-2-12-8-14-16(9-13(12)15)19-7-6-17(14)10-11-4-5-11;/h1-3,11,14,16,18H,4-10H2;1H/t14-,16-;/m0./s1. The number of benzene rings is 1. The highest BCUT2D eigenvalue weighted by atomic mass is 35.5. The first-order valence-corrected chi connectivity index (χ1v) is 7.46. The third-order valence-corrected chi connectivity index (χ3v) is 4.88. The molecular weight excluding hydrogens is 274 g/mol. The van der Waals surface area contributed by atoms with Gasteiger partial charge in [-0.25, -0.2) is 0 Å². The molecule has 0 aromatic heterocycles. The molecule has 2 atom stereocenters. The summed E-state index contributed by atoms with van der Waals surface area (Å²) < 4.78 is 5.97. The maximum absolute atomic E-state index is 10.00. The summed E-state index contributed by atoms with van der Waals surface area (Å²) in [7, 11) is 0. The Kier molecular flexibility index (Phi) is 3.93. The number of phenolic OH excluding ortho intramolecular Hbond substituents is 1. The fraction of sp³-hybridized carbons (Fsp3) is 0.625. The van der Waals surface area contributed by atoms with E-state index in [9.17, 15) is 5.11 Å². The number of hydrogen-bond acceptors (Lipinski definition) is 3. The SMILES string of the molecule is Cl.Oc1cccc2c1C[C@@H]1OCCN(CC3CC3)[C@H]1C2. The van der Waals surface area contributed by atoms with Gasteiger partial charge >= 0.3 is 0 Å². The first kappa shape index (κ1) is 14.2. The summed E-state index contributed by atoms with van der Waals surface area (Å²) in [6.07, 6.45) is 4.99. The zero-order chi connectivity index (χ0) is 12.8. The van der Waals surface area contributed by atoms with E-state index in [1.807, 2.05) is 6.07 Å². The number of ether oxygens (including phenoxy) is 1. The molecule has 0 radical (unpaired) electrons. The smallest absolute Gasteiger partial charge is 0.119 e. The predicted octanol–water partition coefficient (Wildman–Crippen LogP) is 2.39. The molecule has 1 aliphatic heterocycles. The van der Waals surface area contributed by atoms with Crippen LogP contribution in [0.2, 0.25) is 0 Å². The van der Waals surface area contributed by atoms with Crippen molar-refractivity contribution in [2.75, 3.05) is 19.7 Å². The first-order valence-electron chi connectivity index (χ1n) is 7.46. The number of halogens is 1. The van der Waals surface area contributed by atoms with Crippen LogP contribution >= 0.6 is 12.4 Å². The molecule has 4 heteroatoms. The highest BCUT2D eigenvalue weighted by Crippen LogP contribution is 2.36. The van der Waals surface area contributed by atoms with E-state index in [0.29, 0.717) is 11.8 Å². The maximum atomic E-state index is 10.00. The molecule has 0 spiro atoms. The van der Waals surface area contributed by atoms with Crippen LogP contribution < -0.4 is 0 Å². The molecule has 1 saturated carbocycles. The number of morpholine rings is 1. The molecule has 1 N–H and O–H groups in total. The summed E-state index contributed by atoms with van der Waals surface area (Å²) in [5, 5.41) is 10.00. The van der Waals surface area contributed by atoms with Gasteiger partial charge < -0.3 is 9.84 Å². The van der Waals surface area contributed by atoms with Crippen molar-refractivity contribution in [1.29, 1.82) is 0 Å². The van der Waals surface area contributed by atoms with Crippen LogP contribution in [-0.4, -0.2) is 41.8 Å². The van der Waals surface area contributed by atoms with Crippen molar-refractivity contribution in [1.82, 2.24) is 4.90 Å². The normalized spacial score (nSPS) is 29.2. The van der Waals surface area contributed by atoms with Crippen molar-refractivity contribution in [3.63, 3.8) is 0 Å². The summed E-state index contributed by atoms with van der Waals surface area (Å²) >= 11 is 0. The van der Waals surface area contributed by atoms with Gasteiger partial charge in [0.15, 0.2) is 0 Å². The van der Waals surface area contributed by atoms with Crippen LogP contribution in [0, 0.1) is 5.92 Å². The highest BCUT2D eigenvalue weighted by Gasteiger charge is 2.39. The minimum Gasteiger partial charge on any atom is -0.508 e. The van der Waals surface area contributed by atoms with Crippen LogP contribution in [0.5, 0.6) is 5.75 Å². The Hall–Kier alpha value is -0.770. The van der Waals surface area contributed by atoms with Gasteiger partial charge in [-0.1, -0.05) is 12.1 Å². The molecule has 0 amide bonds. The highest BCUT2D eigenvalue weighted by molar-refractivity contribution is 5.85. The monoisotopic (exact) mass is 295 g/mol. The van der Waals surface area contributed by atoms with Crippen LogP contribution in [0.3, 0.4) is 0 Å². The van der Waals surface area contributed by atoms with Crippen LogP contribution in [0.4, 0.5) is 0 Å². The van der Waals surface area contributed by atoms with Gasteiger partial charge in [0.05, 0.1) is 12.7 Å². The summed E-state index contributed by atoms with van der Waals surface area (Å²) in [5.41, 5.74) is 2.42. The molecule has 0 bridgehead atoms. The number of hydrogen-bond donors (Lipinski definition) is 1. The average molecular weight is 296 g/mol. The molecule has 2 fully saturated rings. The van der Waals surface area contributed by atoms with E-state index in [2.05, 4.69) is 11.0 Å². The summed E-state index contributed by atoms with van der Waals surface area (Å²) in [6.45, 7) is 3.17. The Bertz CT molecular complexity index is 489. The summed E-state index contributed by atoms with van der Waals surface area (Å²) in [6, 6.07) is 6.44. The van der Waals surface area contributed by atoms with Crippen LogP contribution in [-0.2, 0) is 17.6 Å². The van der Waals surface area contributed by atoms with Gasteiger partial charge in [-0.05, 0) is 42.4 Å². The molecule has 20 heavy (non-hydrogen) atoms. The fourth-order valence-corrected chi connectivity index (χ4v) is 3.62. The molecule has 1 aromatic carbocycles. The van der Waals surface area contributed by atoms with E-state index in [1.165, 1.54) is 24.9 Å². The van der Waals surface area contributed by atoms with Gasteiger partial charge in [-0.2, -0.15) is 0 Å². The lowest BCUT2D eigenvalue weighted by atomic mass is 9.84. The molecule has 2 aliphatic carbocycles. The molecule has 1 saturated heterocycles. The van der Waals surface area contributed by atoms with E-state index < -0.39 is 0 Å². The summed E-state index contributed by atoms with van der Waals surface area (Å²) in [5.74, 6) is 1.38. The lowest BCUT2D eigenvalue weighted by Crippen LogP contribution is -2.55. The largest absolute Gasteiger partial charge is 0.508 e. The second-order valence-electron chi connectivity index (χ2n) is 6.24. The third kappa shape index (κ3) is 2.54. The predicted molar refractivity (Wildman–Crippen MR) is 80.6 cm³/mol. The van der Waals surface area contributed by atoms with E-state index in [1.54, 1.807) is 6.07 Å². The van der Waals surface area contributed by atoms with Crippen molar-refractivity contribution >= 4 is 12.4 Å². The minimum absolute atomic E-state index is 0. The Morgan fingerprint density at radius 2 is 2.10 bits per heavy atom. The van der Waals surface area contributed by atoms with Crippen molar-refractivity contribution < 1.29 is 9.84 Å². The Morgan fingerprint density at radius 1 is 1.25 bits per heavy atom. The lowest BCUT2D eigenvalue weighted by Gasteiger charge is -2.44. The van der Waals surface area contributed by atoms with Crippen molar-refractivity contribution in [3.8, 4) is 5.75 Å². The molecule has 110 valence electrons. The summed E-state index contributed by atoms with van der Waals surface area (Å²) in [4.78, 5) is 2.64. The maximum Gasteiger partial charge on any atom is 0.119 e. The quantitative estimate of drug-likeness (QED) is 0.909. The molecule has 4 rings (SSSR count). The third-order valence-electron chi connectivity index (χ3n) is 4.88. The molecule has 3 aliphatic rings. The van der Waals surface area contributed by atoms with E-state index in [4.69, 9.17) is 4.74 Å². The van der Waals surface area contributed by atoms with E-state index >= 15 is 0 Å². The topological polar surface area (TPSA) is 32.7 Å². The van der Waals surface area contributed by atoms with E-state index in [0.717, 1.165) is 37.5 Å². The Morgan fingerprint density at radius 3 is 2.90 bits per heavy atom. The van der Waals surface area contributed by atoms with Gasteiger partial charge in [0.25, 0.3) is 0 Å². The van der Waals surface area contributed by atoms with Gasteiger partial charge in [0, 0.05) is 25.6 Å². The zero-order valence-corrected chi connectivity index (χ0v) is 12.4. The molecule has 3 nitrogen and oxygen atoms in total. The van der Waals surface area contributed by atoms with Gasteiger partial charge in [-0.15, -0.1) is 12.4 Å². The zero-order valence-electron chi connectivity index (χ0n) is 11.6. The van der Waals surface area contributed by atoms with Crippen molar-refractivity contribution in [2.45, 2.75) is 37.8 Å². The molecule has 1 aromatic rings. The van der Waals surface area contributed by atoms with Gasteiger partial charge in [0.2, 0.25) is 0 Å². The van der Waals surface area contributed by atoms with Crippen LogP contribution in [0.25, 0.3) is 0 Å². The average Bonchev–Trinajstić information content (AvgIpc) is 3.22. The second-order valence-corrected chi connectivity index (χ2v) is 6.24. The molecular formula is C16H22ClNO2. The van der Waals surface area contributed by atoms with Gasteiger partial charge in [0.1, 0.15) is 5.75 Å². The van der Waals surface area contributed by atoms with Crippen molar-refractivity contribution in [2.24, 2.45) is 5.92 Å². The number of nitrogens with zero attached hydrogens (tertiary/aromatic N) is 1. The van der Waals surface area contributed by atoms with Crippen molar-refractivity contribution in [3.05, 3.63) is 29.3 Å². The number of phenols is 1. The number of rotatable bonds is 2. The van der Waals surface area contributed by atoms with Crippen LogP contribution in [0.15, 0.2) is 18.2 Å². The van der Waals surface area contributed by atoms with E-state index in [-0.39, 0.29) is 18.5 Å². The number of fused-ring (bicyclic) bond motifs is 2. The lowest BCUT2D eigenvalue weighted by molar-refractivity contribution is -0.0756. The minimum atomic E-state index is 0. The Labute approximate surface area is 126 Å². The first-order chi connectivity index (χ1) is 9.31. The molecule has 0 unspecified atom stereocenters. The van der Waals surface area contributed by atoms with Crippen LogP contribution in [0.1, 0.15) is 24.0 Å².